The molecule has 0 amide bonds. The van der Waals surface area contributed by atoms with Crippen LogP contribution in [0, 0.1) is 12.7 Å². The highest BCUT2D eigenvalue weighted by Crippen LogP contribution is 2.20. The second kappa shape index (κ2) is 5.88. The SMILES string of the molecule is Cc1cccn2c(=O)c(/C=N/O)c(Nc3ccccc3F)nc12. The molecule has 23 heavy (non-hydrogen) atoms. The van der Waals surface area contributed by atoms with Gasteiger partial charge in [0.1, 0.15) is 22.8 Å². The first-order chi connectivity index (χ1) is 11.1. The minimum absolute atomic E-state index is 0.0267. The van der Waals surface area contributed by atoms with Gasteiger partial charge in [-0.15, -0.1) is 0 Å². The van der Waals surface area contributed by atoms with Crippen molar-refractivity contribution >= 4 is 23.4 Å². The Morgan fingerprint density at radius 1 is 1.30 bits per heavy atom. The van der Waals surface area contributed by atoms with Crippen LogP contribution in [0.5, 0.6) is 0 Å². The van der Waals surface area contributed by atoms with Crippen molar-refractivity contribution in [2.75, 3.05) is 5.32 Å². The standard InChI is InChI=1S/C16H13FN4O2/c1-10-5-4-8-21-15(10)20-14(11(9-18-23)16(21)22)19-13-7-3-2-6-12(13)17/h2-9,19,23H,1H3/b18-9+. The molecule has 0 saturated heterocycles. The molecule has 0 saturated carbocycles. The molecule has 0 aliphatic carbocycles. The number of nitrogens with zero attached hydrogens (tertiary/aromatic N) is 3. The molecule has 3 rings (SSSR count). The van der Waals surface area contributed by atoms with Crippen molar-refractivity contribution < 1.29 is 9.60 Å². The van der Waals surface area contributed by atoms with Crippen LogP contribution >= 0.6 is 0 Å². The first-order valence-electron chi connectivity index (χ1n) is 6.83. The van der Waals surface area contributed by atoms with Crippen LogP contribution in [0.4, 0.5) is 15.9 Å². The van der Waals surface area contributed by atoms with Gasteiger partial charge < -0.3 is 10.5 Å². The van der Waals surface area contributed by atoms with E-state index in [1.54, 1.807) is 24.4 Å². The van der Waals surface area contributed by atoms with Gasteiger partial charge in [0, 0.05) is 6.20 Å². The highest BCUT2D eigenvalue weighted by molar-refractivity contribution is 5.87. The van der Waals surface area contributed by atoms with Crippen LogP contribution in [-0.4, -0.2) is 20.8 Å². The zero-order valence-electron chi connectivity index (χ0n) is 12.2. The van der Waals surface area contributed by atoms with E-state index in [1.807, 2.05) is 13.0 Å². The summed E-state index contributed by atoms with van der Waals surface area (Å²) in [6.07, 6.45) is 2.55. The predicted octanol–water partition coefficient (Wildman–Crippen LogP) is 2.69. The van der Waals surface area contributed by atoms with Gasteiger partial charge in [0.25, 0.3) is 5.56 Å². The first-order valence-corrected chi connectivity index (χ1v) is 6.83. The molecule has 0 aliphatic heterocycles. The van der Waals surface area contributed by atoms with Gasteiger partial charge in [-0.05, 0) is 30.7 Å². The van der Waals surface area contributed by atoms with E-state index in [1.165, 1.54) is 16.5 Å². The van der Waals surface area contributed by atoms with Crippen molar-refractivity contribution in [2.24, 2.45) is 5.16 Å². The maximum Gasteiger partial charge on any atom is 0.269 e. The fourth-order valence-electron chi connectivity index (χ4n) is 2.27. The topological polar surface area (TPSA) is 79.0 Å². The summed E-state index contributed by atoms with van der Waals surface area (Å²) in [4.78, 5) is 16.9. The Balaban J connectivity index is 2.26. The summed E-state index contributed by atoms with van der Waals surface area (Å²) in [7, 11) is 0. The molecule has 3 aromatic rings. The molecular weight excluding hydrogens is 299 g/mol. The number of nitrogens with one attached hydrogen (secondary N) is 1. The number of fused-ring (bicyclic) bond motifs is 1. The molecule has 0 spiro atoms. The smallest absolute Gasteiger partial charge is 0.269 e. The van der Waals surface area contributed by atoms with Gasteiger partial charge >= 0.3 is 0 Å². The summed E-state index contributed by atoms with van der Waals surface area (Å²) in [6.45, 7) is 1.81. The molecule has 2 aromatic heterocycles. The summed E-state index contributed by atoms with van der Waals surface area (Å²) in [5.74, 6) is -0.363. The Bertz CT molecular complexity index is 966. The molecule has 1 aromatic carbocycles. The molecule has 6 nitrogen and oxygen atoms in total. The Morgan fingerprint density at radius 2 is 2.09 bits per heavy atom. The van der Waals surface area contributed by atoms with Crippen molar-refractivity contribution in [3.8, 4) is 0 Å². The van der Waals surface area contributed by atoms with Gasteiger partial charge in [-0.1, -0.05) is 23.4 Å². The van der Waals surface area contributed by atoms with Gasteiger partial charge in [0.2, 0.25) is 0 Å². The molecule has 116 valence electrons. The predicted molar refractivity (Wildman–Crippen MR) is 85.3 cm³/mol. The van der Waals surface area contributed by atoms with Crippen molar-refractivity contribution in [1.82, 2.24) is 9.38 Å². The quantitative estimate of drug-likeness (QED) is 0.443. The van der Waals surface area contributed by atoms with Gasteiger partial charge in [-0.25, -0.2) is 9.37 Å². The monoisotopic (exact) mass is 312 g/mol. The number of halogens is 1. The third kappa shape index (κ3) is 2.64. The second-order valence-electron chi connectivity index (χ2n) is 4.91. The van der Waals surface area contributed by atoms with E-state index in [9.17, 15) is 9.18 Å². The van der Waals surface area contributed by atoms with Gasteiger partial charge in [0.15, 0.2) is 0 Å². The zero-order chi connectivity index (χ0) is 16.4. The Labute approximate surface area is 130 Å². The minimum atomic E-state index is -0.480. The largest absolute Gasteiger partial charge is 0.411 e. The van der Waals surface area contributed by atoms with Crippen molar-refractivity contribution in [3.63, 3.8) is 0 Å². The third-order valence-corrected chi connectivity index (χ3v) is 3.40. The second-order valence-corrected chi connectivity index (χ2v) is 4.91. The van der Waals surface area contributed by atoms with E-state index in [-0.39, 0.29) is 17.1 Å². The Kier molecular flexibility index (Phi) is 3.76. The number of oxime groups is 1. The van der Waals surface area contributed by atoms with Crippen LogP contribution in [0.2, 0.25) is 0 Å². The minimum Gasteiger partial charge on any atom is -0.411 e. The number of hydrogen-bond acceptors (Lipinski definition) is 5. The van der Waals surface area contributed by atoms with Gasteiger partial charge in [-0.2, -0.15) is 0 Å². The van der Waals surface area contributed by atoms with Crippen LogP contribution in [-0.2, 0) is 0 Å². The summed E-state index contributed by atoms with van der Waals surface area (Å²) in [5.41, 5.74) is 0.999. The van der Waals surface area contributed by atoms with Crippen molar-refractivity contribution in [2.45, 2.75) is 6.92 Å². The lowest BCUT2D eigenvalue weighted by atomic mass is 10.2. The highest BCUT2D eigenvalue weighted by Gasteiger charge is 2.14. The van der Waals surface area contributed by atoms with E-state index in [4.69, 9.17) is 5.21 Å². The summed E-state index contributed by atoms with van der Waals surface area (Å²) in [6, 6.07) is 9.56. The number of pyridine rings is 1. The van der Waals surface area contributed by atoms with Crippen LogP contribution in [0.25, 0.3) is 5.65 Å². The number of para-hydroxylation sites is 1. The van der Waals surface area contributed by atoms with E-state index in [0.29, 0.717) is 5.65 Å². The maximum atomic E-state index is 13.8. The highest BCUT2D eigenvalue weighted by atomic mass is 19.1. The molecule has 7 heteroatoms. The molecule has 0 fully saturated rings. The zero-order valence-corrected chi connectivity index (χ0v) is 12.2. The van der Waals surface area contributed by atoms with E-state index >= 15 is 0 Å². The normalized spacial score (nSPS) is 11.2. The van der Waals surface area contributed by atoms with Crippen LogP contribution in [0.15, 0.2) is 52.5 Å². The Morgan fingerprint density at radius 3 is 2.83 bits per heavy atom. The fourth-order valence-corrected chi connectivity index (χ4v) is 2.27. The van der Waals surface area contributed by atoms with Crippen LogP contribution in [0.1, 0.15) is 11.1 Å². The lowest BCUT2D eigenvalue weighted by molar-refractivity contribution is 0.322. The molecule has 0 radical (unpaired) electrons. The average Bonchev–Trinajstić information content (AvgIpc) is 2.54. The molecule has 0 bridgehead atoms. The lowest BCUT2D eigenvalue weighted by Gasteiger charge is -2.11. The fraction of sp³-hybridized carbons (Fsp3) is 0.0625. The number of aromatic nitrogens is 2. The Hall–Kier alpha value is -3.22. The lowest BCUT2D eigenvalue weighted by Crippen LogP contribution is -2.22. The van der Waals surface area contributed by atoms with E-state index < -0.39 is 11.4 Å². The molecule has 2 N–H and O–H groups in total. The number of rotatable bonds is 3. The maximum absolute atomic E-state index is 13.8. The average molecular weight is 312 g/mol. The molecule has 0 aliphatic rings. The molecule has 0 atom stereocenters. The first kappa shape index (κ1) is 14.7. The van der Waals surface area contributed by atoms with Crippen LogP contribution < -0.4 is 10.9 Å². The summed E-state index contributed by atoms with van der Waals surface area (Å²) >= 11 is 0. The molecule has 0 unspecified atom stereocenters. The molecule has 2 heterocycles. The number of aryl methyl sites for hydroxylation is 1. The molecular formula is C16H13FN4O2. The number of anilines is 2. The number of benzene rings is 1. The summed E-state index contributed by atoms with van der Waals surface area (Å²) < 4.78 is 15.2. The van der Waals surface area contributed by atoms with E-state index in [0.717, 1.165) is 11.8 Å². The summed E-state index contributed by atoms with van der Waals surface area (Å²) in [5, 5.41) is 14.5. The van der Waals surface area contributed by atoms with Crippen LogP contribution in [0.3, 0.4) is 0 Å². The third-order valence-electron chi connectivity index (χ3n) is 3.40. The van der Waals surface area contributed by atoms with Gasteiger partial charge in [0.05, 0.1) is 11.9 Å². The van der Waals surface area contributed by atoms with Crippen molar-refractivity contribution in [1.29, 1.82) is 0 Å². The van der Waals surface area contributed by atoms with Crippen molar-refractivity contribution in [3.05, 3.63) is 69.9 Å². The van der Waals surface area contributed by atoms with Gasteiger partial charge in [-0.3, -0.25) is 9.20 Å². The number of hydrogen-bond donors (Lipinski definition) is 2. The van der Waals surface area contributed by atoms with E-state index in [2.05, 4.69) is 15.5 Å².